The molecule has 0 saturated carbocycles. The zero-order chi connectivity index (χ0) is 19.2. The molecule has 1 amide bonds. The molecule has 1 aliphatic rings. The number of Topliss-reactive ketones (excluding diaryl/α,β-unsaturated/α-hetero) is 1. The number of nitrogens with one attached hydrogen (secondary N) is 1. The van der Waals surface area contributed by atoms with E-state index in [1.165, 1.54) is 16.9 Å². The molecule has 0 spiro atoms. The molecule has 0 unspecified atom stereocenters. The highest BCUT2D eigenvalue weighted by Gasteiger charge is 2.32. The van der Waals surface area contributed by atoms with Gasteiger partial charge in [-0.25, -0.2) is 4.98 Å². The Morgan fingerprint density at radius 1 is 1.26 bits per heavy atom. The van der Waals surface area contributed by atoms with Crippen molar-refractivity contribution in [2.75, 3.05) is 5.32 Å². The molecule has 2 aromatic carbocycles. The second-order valence-corrected chi connectivity index (χ2v) is 8.33. The molecule has 0 radical (unpaired) electrons. The molecular formula is C21H20N2O3S. The Morgan fingerprint density at radius 3 is 2.85 bits per heavy atom. The van der Waals surface area contributed by atoms with Crippen LogP contribution < -0.4 is 10.1 Å². The minimum absolute atomic E-state index is 0.0111. The number of benzene rings is 2. The van der Waals surface area contributed by atoms with Crippen LogP contribution in [0.2, 0.25) is 0 Å². The van der Waals surface area contributed by atoms with Gasteiger partial charge in [0.2, 0.25) is 0 Å². The van der Waals surface area contributed by atoms with Crippen LogP contribution in [0, 0.1) is 0 Å². The fraction of sp³-hybridized carbons (Fsp3) is 0.286. The first-order valence-electron chi connectivity index (χ1n) is 8.92. The van der Waals surface area contributed by atoms with Crippen molar-refractivity contribution in [3.8, 4) is 5.75 Å². The van der Waals surface area contributed by atoms with Crippen molar-refractivity contribution in [1.29, 1.82) is 0 Å². The second kappa shape index (κ2) is 6.46. The quantitative estimate of drug-likeness (QED) is 0.705. The minimum atomic E-state index is -0.522. The highest BCUT2D eigenvalue weighted by Crippen LogP contribution is 2.34. The maximum Gasteiger partial charge on any atom is 0.257 e. The average molecular weight is 380 g/mol. The number of aromatic nitrogens is 1. The monoisotopic (exact) mass is 380 g/mol. The summed E-state index contributed by atoms with van der Waals surface area (Å²) in [6.45, 7) is 5.87. The molecule has 0 saturated heterocycles. The Labute approximate surface area is 161 Å². The summed E-state index contributed by atoms with van der Waals surface area (Å²) in [4.78, 5) is 29.5. The van der Waals surface area contributed by atoms with Gasteiger partial charge in [-0.2, -0.15) is 0 Å². The van der Waals surface area contributed by atoms with Gasteiger partial charge in [-0.05, 0) is 56.2 Å². The van der Waals surface area contributed by atoms with E-state index in [9.17, 15) is 9.59 Å². The number of rotatable bonds is 3. The van der Waals surface area contributed by atoms with Crippen LogP contribution in [0.15, 0.2) is 36.4 Å². The van der Waals surface area contributed by atoms with Crippen LogP contribution in [0.5, 0.6) is 5.75 Å². The van der Waals surface area contributed by atoms with Gasteiger partial charge in [-0.1, -0.05) is 24.3 Å². The van der Waals surface area contributed by atoms with Crippen LogP contribution >= 0.6 is 11.3 Å². The van der Waals surface area contributed by atoms with Gasteiger partial charge in [0, 0.05) is 5.56 Å². The van der Waals surface area contributed by atoms with Gasteiger partial charge in [0.15, 0.2) is 10.9 Å². The Bertz CT molecular complexity index is 1070. The highest BCUT2D eigenvalue weighted by molar-refractivity contribution is 7.22. The predicted octanol–water partition coefficient (Wildman–Crippen LogP) is 4.85. The molecular weight excluding hydrogens is 360 g/mol. The molecule has 1 aliphatic heterocycles. The number of ketones is 1. The zero-order valence-corrected chi connectivity index (χ0v) is 16.3. The van der Waals surface area contributed by atoms with Gasteiger partial charge >= 0.3 is 0 Å². The number of carbonyl (C=O) groups excluding carboxylic acids is 2. The molecule has 27 heavy (non-hydrogen) atoms. The third-order valence-electron chi connectivity index (χ3n) is 4.60. The van der Waals surface area contributed by atoms with Crippen LogP contribution in [0.25, 0.3) is 10.2 Å². The number of aryl methyl sites for hydroxylation is 1. The van der Waals surface area contributed by atoms with Gasteiger partial charge in [0.25, 0.3) is 5.91 Å². The SMILES string of the molecule is CCc1ccc2nc(NC(=O)c3ccc4c(c3)C(=O)CC(C)(C)O4)sc2c1. The highest BCUT2D eigenvalue weighted by atomic mass is 32.1. The number of hydrogen-bond acceptors (Lipinski definition) is 5. The molecule has 0 fully saturated rings. The van der Waals surface area contributed by atoms with Crippen molar-refractivity contribution in [2.24, 2.45) is 0 Å². The molecule has 0 aliphatic carbocycles. The number of anilines is 1. The van der Waals surface area contributed by atoms with E-state index in [-0.39, 0.29) is 11.7 Å². The number of nitrogens with zero attached hydrogens (tertiary/aromatic N) is 1. The van der Waals surface area contributed by atoms with Crippen LogP contribution in [-0.4, -0.2) is 22.3 Å². The fourth-order valence-corrected chi connectivity index (χ4v) is 4.13. The van der Waals surface area contributed by atoms with E-state index >= 15 is 0 Å². The summed E-state index contributed by atoms with van der Waals surface area (Å²) < 4.78 is 6.88. The van der Waals surface area contributed by atoms with Crippen molar-refractivity contribution in [2.45, 2.75) is 39.2 Å². The molecule has 138 valence electrons. The molecule has 5 nitrogen and oxygen atoms in total. The van der Waals surface area contributed by atoms with Crippen molar-refractivity contribution < 1.29 is 14.3 Å². The maximum atomic E-state index is 12.6. The fourth-order valence-electron chi connectivity index (χ4n) is 3.21. The van der Waals surface area contributed by atoms with Gasteiger partial charge < -0.3 is 4.74 Å². The van der Waals surface area contributed by atoms with E-state index in [0.717, 1.165) is 16.6 Å². The standard InChI is InChI=1S/C21H20N2O3S/c1-4-12-5-7-15-18(9-12)27-20(22-15)23-19(25)13-6-8-17-14(10-13)16(24)11-21(2,3)26-17/h5-10H,4,11H2,1-3H3,(H,22,23,25). The Hall–Kier alpha value is -2.73. The third kappa shape index (κ3) is 3.45. The lowest BCUT2D eigenvalue weighted by molar-refractivity contribution is 0.0620. The lowest BCUT2D eigenvalue weighted by Crippen LogP contribution is -2.36. The first kappa shape index (κ1) is 17.7. The maximum absolute atomic E-state index is 12.6. The number of fused-ring (bicyclic) bond motifs is 2. The Balaban J connectivity index is 1.59. The Morgan fingerprint density at radius 2 is 2.07 bits per heavy atom. The van der Waals surface area contributed by atoms with Crippen LogP contribution in [0.3, 0.4) is 0 Å². The molecule has 4 rings (SSSR count). The zero-order valence-electron chi connectivity index (χ0n) is 15.5. The predicted molar refractivity (Wildman–Crippen MR) is 107 cm³/mol. The van der Waals surface area contributed by atoms with E-state index in [0.29, 0.717) is 28.4 Å². The van der Waals surface area contributed by atoms with E-state index in [1.807, 2.05) is 26.0 Å². The molecule has 1 N–H and O–H groups in total. The molecule has 0 atom stereocenters. The van der Waals surface area contributed by atoms with Gasteiger partial charge in [-0.3, -0.25) is 14.9 Å². The summed E-state index contributed by atoms with van der Waals surface area (Å²) in [6.07, 6.45) is 1.25. The van der Waals surface area contributed by atoms with E-state index in [4.69, 9.17) is 4.74 Å². The smallest absolute Gasteiger partial charge is 0.257 e. The second-order valence-electron chi connectivity index (χ2n) is 7.30. The van der Waals surface area contributed by atoms with Crippen LogP contribution in [0.1, 0.15) is 53.5 Å². The lowest BCUT2D eigenvalue weighted by atomic mass is 9.92. The lowest BCUT2D eigenvalue weighted by Gasteiger charge is -2.31. The van der Waals surface area contributed by atoms with Gasteiger partial charge in [0.1, 0.15) is 11.4 Å². The van der Waals surface area contributed by atoms with E-state index in [2.05, 4.69) is 23.3 Å². The largest absolute Gasteiger partial charge is 0.487 e. The summed E-state index contributed by atoms with van der Waals surface area (Å²) >= 11 is 1.44. The number of carbonyl (C=O) groups is 2. The van der Waals surface area contributed by atoms with Crippen LogP contribution in [-0.2, 0) is 6.42 Å². The summed E-state index contributed by atoms with van der Waals surface area (Å²) in [5, 5.41) is 3.39. The number of thiazole rings is 1. The normalized spacial score (nSPS) is 15.3. The Kier molecular flexibility index (Phi) is 4.23. The topological polar surface area (TPSA) is 68.3 Å². The van der Waals surface area contributed by atoms with Crippen LogP contribution in [0.4, 0.5) is 5.13 Å². The first-order chi connectivity index (χ1) is 12.8. The number of amides is 1. The van der Waals surface area contributed by atoms with Crippen molar-refractivity contribution >= 4 is 38.4 Å². The molecule has 6 heteroatoms. The first-order valence-corrected chi connectivity index (χ1v) is 9.73. The molecule has 0 bridgehead atoms. The minimum Gasteiger partial charge on any atom is -0.487 e. The summed E-state index contributed by atoms with van der Waals surface area (Å²) in [6, 6.07) is 11.1. The molecule has 2 heterocycles. The average Bonchev–Trinajstić information content (AvgIpc) is 3.01. The number of ether oxygens (including phenoxy) is 1. The van der Waals surface area contributed by atoms with Gasteiger partial charge in [0.05, 0.1) is 22.2 Å². The summed E-state index contributed by atoms with van der Waals surface area (Å²) in [7, 11) is 0. The summed E-state index contributed by atoms with van der Waals surface area (Å²) in [5.41, 5.74) is 2.45. The third-order valence-corrected chi connectivity index (χ3v) is 5.53. The van der Waals surface area contributed by atoms with Crippen molar-refractivity contribution in [3.05, 3.63) is 53.1 Å². The van der Waals surface area contributed by atoms with E-state index in [1.54, 1.807) is 18.2 Å². The molecule has 3 aromatic rings. The molecule has 1 aromatic heterocycles. The van der Waals surface area contributed by atoms with Crippen molar-refractivity contribution in [3.63, 3.8) is 0 Å². The van der Waals surface area contributed by atoms with Crippen molar-refractivity contribution in [1.82, 2.24) is 4.98 Å². The summed E-state index contributed by atoms with van der Waals surface area (Å²) in [5.74, 6) is 0.230. The number of hydrogen-bond donors (Lipinski definition) is 1. The van der Waals surface area contributed by atoms with Gasteiger partial charge in [-0.15, -0.1) is 0 Å². The van der Waals surface area contributed by atoms with E-state index < -0.39 is 5.60 Å².